The Bertz CT molecular complexity index is 548. The van der Waals surface area contributed by atoms with Gasteiger partial charge in [-0.1, -0.05) is 32.9 Å². The van der Waals surface area contributed by atoms with Gasteiger partial charge in [-0.05, 0) is 55.8 Å². The van der Waals surface area contributed by atoms with Crippen LogP contribution in [0.5, 0.6) is 5.75 Å². The van der Waals surface area contributed by atoms with Gasteiger partial charge >= 0.3 is 0 Å². The topological polar surface area (TPSA) is 48.9 Å². The second-order valence-electron chi connectivity index (χ2n) is 7.86. The van der Waals surface area contributed by atoms with Crippen LogP contribution < -0.4 is 15.4 Å². The van der Waals surface area contributed by atoms with Gasteiger partial charge < -0.3 is 20.3 Å². The number of guanidine groups is 1. The Hall–Kier alpha value is -1.75. The average Bonchev–Trinajstić information content (AvgIpc) is 2.68. The standard InChI is InChI=1S/C22H38N4O/c1-5-14-26-15-11-20(12-16-26)25-22(23-4)24-13-10-19-6-8-21(9-7-19)27-17-18(2)3/h6-9,18,20H,5,10-17H2,1-4H3,(H2,23,24,25). The summed E-state index contributed by atoms with van der Waals surface area (Å²) in [6.45, 7) is 11.8. The molecule has 1 saturated heterocycles. The first-order chi connectivity index (χ1) is 13.1. The van der Waals surface area contributed by atoms with Crippen molar-refractivity contribution in [1.82, 2.24) is 15.5 Å². The largest absolute Gasteiger partial charge is 0.493 e. The van der Waals surface area contributed by atoms with Crippen LogP contribution >= 0.6 is 0 Å². The second kappa shape index (κ2) is 11.9. The molecule has 0 atom stereocenters. The molecule has 27 heavy (non-hydrogen) atoms. The molecule has 1 aromatic rings. The molecule has 0 spiro atoms. The van der Waals surface area contributed by atoms with Crippen LogP contribution in [0.3, 0.4) is 0 Å². The van der Waals surface area contributed by atoms with Crippen LogP contribution in [0.25, 0.3) is 0 Å². The fourth-order valence-corrected chi connectivity index (χ4v) is 3.35. The molecular weight excluding hydrogens is 336 g/mol. The van der Waals surface area contributed by atoms with Crippen molar-refractivity contribution in [2.45, 2.75) is 52.5 Å². The zero-order chi connectivity index (χ0) is 19.5. The van der Waals surface area contributed by atoms with Crippen molar-refractivity contribution in [2.24, 2.45) is 10.9 Å². The number of hydrogen-bond acceptors (Lipinski definition) is 3. The maximum atomic E-state index is 5.74. The molecule has 0 aliphatic carbocycles. The summed E-state index contributed by atoms with van der Waals surface area (Å²) in [5.74, 6) is 2.42. The lowest BCUT2D eigenvalue weighted by molar-refractivity contribution is 0.206. The second-order valence-corrected chi connectivity index (χ2v) is 7.86. The maximum absolute atomic E-state index is 5.74. The number of likely N-dealkylation sites (tertiary alicyclic amines) is 1. The zero-order valence-electron chi connectivity index (χ0n) is 17.6. The molecule has 0 radical (unpaired) electrons. The normalized spacial score (nSPS) is 16.6. The quantitative estimate of drug-likeness (QED) is 0.514. The smallest absolute Gasteiger partial charge is 0.191 e. The van der Waals surface area contributed by atoms with E-state index in [0.29, 0.717) is 12.0 Å². The van der Waals surface area contributed by atoms with Gasteiger partial charge in [0.05, 0.1) is 6.61 Å². The lowest BCUT2D eigenvalue weighted by Crippen LogP contribution is -2.49. The first-order valence-electron chi connectivity index (χ1n) is 10.5. The summed E-state index contributed by atoms with van der Waals surface area (Å²) < 4.78 is 5.74. The Morgan fingerprint density at radius 2 is 1.93 bits per heavy atom. The predicted octanol–water partition coefficient (Wildman–Crippen LogP) is 3.30. The van der Waals surface area contributed by atoms with E-state index in [0.717, 1.165) is 31.3 Å². The molecule has 2 rings (SSSR count). The number of nitrogens with zero attached hydrogens (tertiary/aromatic N) is 2. The molecule has 1 fully saturated rings. The van der Waals surface area contributed by atoms with E-state index in [1.54, 1.807) is 0 Å². The van der Waals surface area contributed by atoms with Crippen LogP contribution in [0.4, 0.5) is 0 Å². The third-order valence-electron chi connectivity index (χ3n) is 4.90. The monoisotopic (exact) mass is 374 g/mol. The van der Waals surface area contributed by atoms with Crippen molar-refractivity contribution >= 4 is 5.96 Å². The first kappa shape index (κ1) is 21.5. The fourth-order valence-electron chi connectivity index (χ4n) is 3.35. The number of rotatable bonds is 9. The van der Waals surface area contributed by atoms with E-state index in [1.807, 2.05) is 7.05 Å². The molecule has 5 heteroatoms. The molecule has 5 nitrogen and oxygen atoms in total. The van der Waals surface area contributed by atoms with Gasteiger partial charge in [-0.15, -0.1) is 0 Å². The summed E-state index contributed by atoms with van der Waals surface area (Å²) in [6.07, 6.45) is 4.60. The van der Waals surface area contributed by atoms with Crippen LogP contribution in [-0.4, -0.2) is 56.7 Å². The van der Waals surface area contributed by atoms with E-state index in [4.69, 9.17) is 4.74 Å². The third-order valence-corrected chi connectivity index (χ3v) is 4.90. The predicted molar refractivity (Wildman–Crippen MR) is 115 cm³/mol. The zero-order valence-corrected chi connectivity index (χ0v) is 17.6. The molecule has 1 aromatic carbocycles. The summed E-state index contributed by atoms with van der Waals surface area (Å²) in [5, 5.41) is 7.03. The molecule has 0 amide bonds. The molecular formula is C22H38N4O. The summed E-state index contributed by atoms with van der Waals surface area (Å²) in [5.41, 5.74) is 1.31. The fraction of sp³-hybridized carbons (Fsp3) is 0.682. The highest BCUT2D eigenvalue weighted by molar-refractivity contribution is 5.79. The average molecular weight is 375 g/mol. The number of nitrogens with one attached hydrogen (secondary N) is 2. The van der Waals surface area contributed by atoms with Crippen LogP contribution in [-0.2, 0) is 6.42 Å². The van der Waals surface area contributed by atoms with Crippen molar-refractivity contribution in [3.05, 3.63) is 29.8 Å². The van der Waals surface area contributed by atoms with Crippen molar-refractivity contribution in [2.75, 3.05) is 39.8 Å². The van der Waals surface area contributed by atoms with Gasteiger partial charge in [0.15, 0.2) is 5.96 Å². The lowest BCUT2D eigenvalue weighted by Gasteiger charge is -2.32. The number of piperidine rings is 1. The summed E-state index contributed by atoms with van der Waals surface area (Å²) in [4.78, 5) is 6.94. The molecule has 2 N–H and O–H groups in total. The van der Waals surface area contributed by atoms with E-state index in [2.05, 4.69) is 65.6 Å². The van der Waals surface area contributed by atoms with E-state index in [-0.39, 0.29) is 0 Å². The van der Waals surface area contributed by atoms with Crippen LogP contribution in [0.15, 0.2) is 29.3 Å². The van der Waals surface area contributed by atoms with Gasteiger partial charge in [0, 0.05) is 32.7 Å². The molecule has 0 bridgehead atoms. The van der Waals surface area contributed by atoms with Gasteiger partial charge in [0.1, 0.15) is 5.75 Å². The molecule has 0 saturated carbocycles. The minimum atomic E-state index is 0.529. The number of ether oxygens (including phenoxy) is 1. The van der Waals surface area contributed by atoms with Gasteiger partial charge in [0.2, 0.25) is 0 Å². The van der Waals surface area contributed by atoms with E-state index < -0.39 is 0 Å². The molecule has 0 aromatic heterocycles. The van der Waals surface area contributed by atoms with E-state index >= 15 is 0 Å². The molecule has 0 unspecified atom stereocenters. The van der Waals surface area contributed by atoms with Crippen LogP contribution in [0, 0.1) is 5.92 Å². The van der Waals surface area contributed by atoms with E-state index in [9.17, 15) is 0 Å². The minimum absolute atomic E-state index is 0.529. The Morgan fingerprint density at radius 1 is 1.22 bits per heavy atom. The first-order valence-corrected chi connectivity index (χ1v) is 10.5. The summed E-state index contributed by atoms with van der Waals surface area (Å²) >= 11 is 0. The third kappa shape index (κ3) is 8.21. The molecule has 152 valence electrons. The number of aliphatic imine (C=N–C) groups is 1. The van der Waals surface area contributed by atoms with Crippen LogP contribution in [0.1, 0.15) is 45.6 Å². The number of hydrogen-bond donors (Lipinski definition) is 2. The van der Waals surface area contributed by atoms with E-state index in [1.165, 1.54) is 44.5 Å². The molecule has 1 heterocycles. The number of benzene rings is 1. The van der Waals surface area contributed by atoms with Crippen LogP contribution in [0.2, 0.25) is 0 Å². The lowest BCUT2D eigenvalue weighted by atomic mass is 10.1. The Kier molecular flexibility index (Phi) is 9.46. The highest BCUT2D eigenvalue weighted by atomic mass is 16.5. The molecule has 1 aliphatic rings. The Morgan fingerprint density at radius 3 is 2.52 bits per heavy atom. The van der Waals surface area contributed by atoms with Gasteiger partial charge in [-0.3, -0.25) is 4.99 Å². The van der Waals surface area contributed by atoms with Crippen molar-refractivity contribution in [3.8, 4) is 5.75 Å². The molecule has 1 aliphatic heterocycles. The van der Waals surface area contributed by atoms with Crippen molar-refractivity contribution in [3.63, 3.8) is 0 Å². The summed E-state index contributed by atoms with van der Waals surface area (Å²) in [7, 11) is 1.85. The highest BCUT2D eigenvalue weighted by Crippen LogP contribution is 2.13. The maximum Gasteiger partial charge on any atom is 0.191 e. The minimum Gasteiger partial charge on any atom is -0.493 e. The van der Waals surface area contributed by atoms with Crippen molar-refractivity contribution < 1.29 is 4.74 Å². The van der Waals surface area contributed by atoms with Gasteiger partial charge in [0.25, 0.3) is 0 Å². The Labute approximate surface area is 165 Å². The highest BCUT2D eigenvalue weighted by Gasteiger charge is 2.19. The SMILES string of the molecule is CCCN1CCC(NC(=NC)NCCc2ccc(OCC(C)C)cc2)CC1. The van der Waals surface area contributed by atoms with Crippen molar-refractivity contribution in [1.29, 1.82) is 0 Å². The van der Waals surface area contributed by atoms with Gasteiger partial charge in [-0.25, -0.2) is 0 Å². The van der Waals surface area contributed by atoms with Gasteiger partial charge in [-0.2, -0.15) is 0 Å². The summed E-state index contributed by atoms with van der Waals surface area (Å²) in [6, 6.07) is 8.96. The Balaban J connectivity index is 1.67.